The van der Waals surface area contributed by atoms with Gasteiger partial charge in [-0.25, -0.2) is 4.98 Å². The number of aryl methyl sites for hydroxylation is 1. The molecule has 0 spiro atoms. The number of hydrogen-bond donors (Lipinski definition) is 1. The third-order valence-corrected chi connectivity index (χ3v) is 3.33. The highest BCUT2D eigenvalue weighted by molar-refractivity contribution is 5.35. The molecule has 1 N–H and O–H groups in total. The summed E-state index contributed by atoms with van der Waals surface area (Å²) in [6, 6.07) is 8.33. The van der Waals surface area contributed by atoms with Gasteiger partial charge in [0, 0.05) is 30.9 Å². The zero-order chi connectivity index (χ0) is 13.7. The van der Waals surface area contributed by atoms with Crippen molar-refractivity contribution < 1.29 is 4.74 Å². The summed E-state index contributed by atoms with van der Waals surface area (Å²) in [5.74, 6) is 0.923. The Kier molecular flexibility index (Phi) is 4.58. The second-order valence-electron chi connectivity index (χ2n) is 4.52. The summed E-state index contributed by atoms with van der Waals surface area (Å²) < 4.78 is 7.53. The number of nitrogens with one attached hydrogen (secondary N) is 1. The van der Waals surface area contributed by atoms with Crippen molar-refractivity contribution in [2.45, 2.75) is 33.0 Å². The standard InChI is InChI=1S/C15H21N3O/c1-4-18-11-16-9-13(18)10-17-12(2)14-7-5-6-8-15(14)19-3/h5-9,11-12,17H,4,10H2,1-3H3. The molecule has 2 rings (SSSR count). The SMILES string of the molecule is CCn1cncc1CNC(C)c1ccccc1OC. The van der Waals surface area contributed by atoms with Gasteiger partial charge in [-0.3, -0.25) is 0 Å². The molecule has 1 heterocycles. The molecule has 1 aromatic carbocycles. The molecule has 4 heteroatoms. The van der Waals surface area contributed by atoms with Crippen LogP contribution in [0.5, 0.6) is 5.75 Å². The molecular weight excluding hydrogens is 238 g/mol. The first-order valence-electron chi connectivity index (χ1n) is 6.61. The maximum Gasteiger partial charge on any atom is 0.123 e. The quantitative estimate of drug-likeness (QED) is 0.867. The van der Waals surface area contributed by atoms with Crippen molar-refractivity contribution in [2.75, 3.05) is 7.11 Å². The van der Waals surface area contributed by atoms with E-state index in [4.69, 9.17) is 4.74 Å². The van der Waals surface area contributed by atoms with Gasteiger partial charge in [-0.2, -0.15) is 0 Å². The number of hydrogen-bond acceptors (Lipinski definition) is 3. The van der Waals surface area contributed by atoms with Crippen molar-refractivity contribution in [3.05, 3.63) is 48.0 Å². The van der Waals surface area contributed by atoms with Crippen LogP contribution >= 0.6 is 0 Å². The fraction of sp³-hybridized carbons (Fsp3) is 0.400. The minimum Gasteiger partial charge on any atom is -0.496 e. The Morgan fingerprint density at radius 1 is 1.37 bits per heavy atom. The van der Waals surface area contributed by atoms with Gasteiger partial charge < -0.3 is 14.6 Å². The predicted molar refractivity (Wildman–Crippen MR) is 76.1 cm³/mol. The predicted octanol–water partition coefficient (Wildman–Crippen LogP) is 2.76. The molecule has 0 amide bonds. The third kappa shape index (κ3) is 3.15. The Bertz CT molecular complexity index is 522. The van der Waals surface area contributed by atoms with Gasteiger partial charge in [-0.15, -0.1) is 0 Å². The van der Waals surface area contributed by atoms with Gasteiger partial charge >= 0.3 is 0 Å². The van der Waals surface area contributed by atoms with Gasteiger partial charge in [0.15, 0.2) is 0 Å². The average Bonchev–Trinajstić information content (AvgIpc) is 2.92. The summed E-state index contributed by atoms with van der Waals surface area (Å²) in [6.45, 7) is 6.01. The molecule has 0 fully saturated rings. The van der Waals surface area contributed by atoms with E-state index in [1.54, 1.807) is 7.11 Å². The summed E-state index contributed by atoms with van der Waals surface area (Å²) in [7, 11) is 1.71. The van der Waals surface area contributed by atoms with Crippen LogP contribution in [-0.2, 0) is 13.1 Å². The Hall–Kier alpha value is -1.81. The molecule has 2 aromatic rings. The minimum absolute atomic E-state index is 0.233. The monoisotopic (exact) mass is 259 g/mol. The molecule has 102 valence electrons. The molecule has 0 saturated carbocycles. The molecule has 1 atom stereocenters. The normalized spacial score (nSPS) is 12.4. The molecule has 0 radical (unpaired) electrons. The molecule has 1 unspecified atom stereocenters. The lowest BCUT2D eigenvalue weighted by molar-refractivity contribution is 0.401. The van der Waals surface area contributed by atoms with Crippen LogP contribution in [0.25, 0.3) is 0 Å². The molecule has 4 nitrogen and oxygen atoms in total. The molecule has 19 heavy (non-hydrogen) atoms. The van der Waals surface area contributed by atoms with E-state index in [9.17, 15) is 0 Å². The van der Waals surface area contributed by atoms with E-state index in [1.807, 2.05) is 30.7 Å². The molecule has 0 bridgehead atoms. The van der Waals surface area contributed by atoms with Crippen molar-refractivity contribution in [3.8, 4) is 5.75 Å². The van der Waals surface area contributed by atoms with Crippen LogP contribution in [0, 0.1) is 0 Å². The summed E-state index contributed by atoms with van der Waals surface area (Å²) in [4.78, 5) is 4.18. The number of ether oxygens (including phenoxy) is 1. The van der Waals surface area contributed by atoms with Crippen LogP contribution in [-0.4, -0.2) is 16.7 Å². The van der Waals surface area contributed by atoms with Gasteiger partial charge in [0.2, 0.25) is 0 Å². The Balaban J connectivity index is 2.03. The first-order chi connectivity index (χ1) is 9.26. The van der Waals surface area contributed by atoms with E-state index in [0.29, 0.717) is 0 Å². The number of para-hydroxylation sites is 1. The fourth-order valence-electron chi connectivity index (χ4n) is 2.17. The summed E-state index contributed by atoms with van der Waals surface area (Å²) in [5, 5.41) is 3.51. The van der Waals surface area contributed by atoms with E-state index in [1.165, 1.54) is 11.3 Å². The number of benzene rings is 1. The molecule has 1 aromatic heterocycles. The first-order valence-corrected chi connectivity index (χ1v) is 6.61. The van der Waals surface area contributed by atoms with Gasteiger partial charge in [-0.05, 0) is 19.9 Å². The number of imidazole rings is 1. The highest BCUT2D eigenvalue weighted by atomic mass is 16.5. The Morgan fingerprint density at radius 2 is 2.16 bits per heavy atom. The van der Waals surface area contributed by atoms with Crippen LogP contribution in [0.4, 0.5) is 0 Å². The van der Waals surface area contributed by atoms with E-state index in [0.717, 1.165) is 18.8 Å². The van der Waals surface area contributed by atoms with Crippen LogP contribution in [0.2, 0.25) is 0 Å². The van der Waals surface area contributed by atoms with Gasteiger partial charge in [0.25, 0.3) is 0 Å². The Morgan fingerprint density at radius 3 is 2.89 bits per heavy atom. The molecular formula is C15H21N3O. The maximum atomic E-state index is 5.39. The van der Waals surface area contributed by atoms with Crippen LogP contribution in [0.1, 0.15) is 31.1 Å². The highest BCUT2D eigenvalue weighted by Crippen LogP contribution is 2.24. The zero-order valence-corrected chi connectivity index (χ0v) is 11.8. The van der Waals surface area contributed by atoms with E-state index >= 15 is 0 Å². The van der Waals surface area contributed by atoms with Crippen LogP contribution in [0.15, 0.2) is 36.8 Å². The maximum absolute atomic E-state index is 5.39. The van der Waals surface area contributed by atoms with Gasteiger partial charge in [0.1, 0.15) is 5.75 Å². The van der Waals surface area contributed by atoms with Crippen LogP contribution in [0.3, 0.4) is 0 Å². The minimum atomic E-state index is 0.233. The van der Waals surface area contributed by atoms with E-state index in [-0.39, 0.29) is 6.04 Å². The van der Waals surface area contributed by atoms with Crippen molar-refractivity contribution in [1.29, 1.82) is 0 Å². The largest absolute Gasteiger partial charge is 0.496 e. The van der Waals surface area contributed by atoms with Crippen molar-refractivity contribution in [3.63, 3.8) is 0 Å². The lowest BCUT2D eigenvalue weighted by atomic mass is 10.1. The molecule has 0 aliphatic heterocycles. The first kappa shape index (κ1) is 13.6. The van der Waals surface area contributed by atoms with Crippen molar-refractivity contribution in [2.24, 2.45) is 0 Å². The van der Waals surface area contributed by atoms with Gasteiger partial charge in [0.05, 0.1) is 19.1 Å². The number of methoxy groups -OCH3 is 1. The molecule has 0 saturated heterocycles. The summed E-state index contributed by atoms with van der Waals surface area (Å²) >= 11 is 0. The third-order valence-electron chi connectivity index (χ3n) is 3.33. The molecule has 0 aliphatic carbocycles. The van der Waals surface area contributed by atoms with Crippen molar-refractivity contribution >= 4 is 0 Å². The van der Waals surface area contributed by atoms with E-state index in [2.05, 4.69) is 34.8 Å². The lowest BCUT2D eigenvalue weighted by Crippen LogP contribution is -2.20. The zero-order valence-electron chi connectivity index (χ0n) is 11.8. The fourth-order valence-corrected chi connectivity index (χ4v) is 2.17. The topological polar surface area (TPSA) is 39.1 Å². The molecule has 0 aliphatic rings. The summed E-state index contributed by atoms with van der Waals surface area (Å²) in [6.07, 6.45) is 3.77. The van der Waals surface area contributed by atoms with E-state index < -0.39 is 0 Å². The number of aromatic nitrogens is 2. The number of rotatable bonds is 6. The second-order valence-corrected chi connectivity index (χ2v) is 4.52. The number of nitrogens with zero attached hydrogens (tertiary/aromatic N) is 2. The van der Waals surface area contributed by atoms with Crippen LogP contribution < -0.4 is 10.1 Å². The lowest BCUT2D eigenvalue weighted by Gasteiger charge is -2.17. The second kappa shape index (κ2) is 6.38. The summed E-state index contributed by atoms with van der Waals surface area (Å²) in [5.41, 5.74) is 2.37. The van der Waals surface area contributed by atoms with Crippen molar-refractivity contribution in [1.82, 2.24) is 14.9 Å². The average molecular weight is 259 g/mol. The Labute approximate surface area is 114 Å². The smallest absolute Gasteiger partial charge is 0.123 e. The van der Waals surface area contributed by atoms with Gasteiger partial charge in [-0.1, -0.05) is 18.2 Å². The highest BCUT2D eigenvalue weighted by Gasteiger charge is 2.11.